The zero-order valence-electron chi connectivity index (χ0n) is 7.18. The third-order valence-corrected chi connectivity index (χ3v) is 1.48. The highest BCUT2D eigenvalue weighted by atomic mass is 19.2. The van der Waals surface area contributed by atoms with Gasteiger partial charge in [0.2, 0.25) is 0 Å². The average Bonchev–Trinajstić information content (AvgIpc) is 2.12. The Morgan fingerprint density at radius 3 is 2.00 bits per heavy atom. The Kier molecular flexibility index (Phi) is 2.93. The fourth-order valence-electron chi connectivity index (χ4n) is 0.871. The molecule has 7 heteroatoms. The summed E-state index contributed by atoms with van der Waals surface area (Å²) in [6.07, 6.45) is 0. The Morgan fingerprint density at radius 2 is 1.60 bits per heavy atom. The molecular formula is C8H5F3N2O2. The molecule has 0 unspecified atom stereocenters. The summed E-state index contributed by atoms with van der Waals surface area (Å²) < 4.78 is 37.7. The SMILES string of the molecule is NC(=O)NC(=O)c1cc(F)c(F)c(F)c1. The Morgan fingerprint density at radius 1 is 1.13 bits per heavy atom. The van der Waals surface area contributed by atoms with Crippen molar-refractivity contribution in [3.8, 4) is 0 Å². The third-order valence-electron chi connectivity index (χ3n) is 1.48. The van der Waals surface area contributed by atoms with Crippen molar-refractivity contribution in [2.45, 2.75) is 0 Å². The summed E-state index contributed by atoms with van der Waals surface area (Å²) in [4.78, 5) is 21.3. The summed E-state index contributed by atoms with van der Waals surface area (Å²) in [6, 6.07) is -0.266. The first-order valence-corrected chi connectivity index (χ1v) is 3.67. The van der Waals surface area contributed by atoms with Gasteiger partial charge in [-0.05, 0) is 12.1 Å². The summed E-state index contributed by atoms with van der Waals surface area (Å²) in [5.41, 5.74) is 4.07. The molecule has 80 valence electrons. The molecule has 3 amide bonds. The van der Waals surface area contributed by atoms with Gasteiger partial charge in [-0.3, -0.25) is 10.1 Å². The predicted molar refractivity (Wildman–Crippen MR) is 43.4 cm³/mol. The topological polar surface area (TPSA) is 72.2 Å². The molecule has 0 aliphatic heterocycles. The molecule has 0 fully saturated rings. The van der Waals surface area contributed by atoms with Gasteiger partial charge >= 0.3 is 6.03 Å². The lowest BCUT2D eigenvalue weighted by atomic mass is 10.2. The van der Waals surface area contributed by atoms with Gasteiger partial charge in [-0.1, -0.05) is 0 Å². The summed E-state index contributed by atoms with van der Waals surface area (Å²) >= 11 is 0. The summed E-state index contributed by atoms with van der Waals surface area (Å²) in [5.74, 6) is -5.85. The number of imide groups is 1. The highest BCUT2D eigenvalue weighted by molar-refractivity contribution is 6.03. The quantitative estimate of drug-likeness (QED) is 0.687. The van der Waals surface area contributed by atoms with Crippen molar-refractivity contribution in [1.82, 2.24) is 5.32 Å². The van der Waals surface area contributed by atoms with Gasteiger partial charge in [0.1, 0.15) is 0 Å². The van der Waals surface area contributed by atoms with Crippen LogP contribution in [0.5, 0.6) is 0 Å². The Hall–Kier alpha value is -2.05. The van der Waals surface area contributed by atoms with E-state index in [0.29, 0.717) is 12.1 Å². The molecule has 0 bridgehead atoms. The smallest absolute Gasteiger partial charge is 0.319 e. The second-order valence-corrected chi connectivity index (χ2v) is 2.57. The molecule has 0 saturated heterocycles. The minimum Gasteiger partial charge on any atom is -0.351 e. The van der Waals surface area contributed by atoms with Crippen molar-refractivity contribution in [3.05, 3.63) is 35.1 Å². The van der Waals surface area contributed by atoms with E-state index in [2.05, 4.69) is 5.73 Å². The molecule has 1 aromatic carbocycles. The van der Waals surface area contributed by atoms with Crippen LogP contribution in [0.2, 0.25) is 0 Å². The summed E-state index contributed by atoms with van der Waals surface area (Å²) in [5, 5.41) is 1.58. The molecule has 0 heterocycles. The number of hydrogen-bond donors (Lipinski definition) is 2. The lowest BCUT2D eigenvalue weighted by molar-refractivity contribution is 0.0965. The van der Waals surface area contributed by atoms with E-state index in [0.717, 1.165) is 0 Å². The molecule has 0 aliphatic carbocycles. The number of carbonyl (C=O) groups excluding carboxylic acids is 2. The zero-order chi connectivity index (χ0) is 11.6. The third kappa shape index (κ3) is 2.46. The Bertz CT molecular complexity index is 411. The maximum atomic E-state index is 12.6. The maximum absolute atomic E-state index is 12.6. The van der Waals surface area contributed by atoms with Crippen LogP contribution >= 0.6 is 0 Å². The second kappa shape index (κ2) is 3.99. The Balaban J connectivity index is 3.06. The molecule has 0 saturated carbocycles. The van der Waals surface area contributed by atoms with E-state index in [1.807, 2.05) is 0 Å². The molecule has 3 N–H and O–H groups in total. The minimum absolute atomic E-state index is 0.455. The van der Waals surface area contributed by atoms with Crippen LogP contribution in [-0.4, -0.2) is 11.9 Å². The number of carbonyl (C=O) groups is 2. The molecule has 15 heavy (non-hydrogen) atoms. The summed E-state index contributed by atoms with van der Waals surface area (Å²) in [6.45, 7) is 0. The van der Waals surface area contributed by atoms with Crippen LogP contribution in [0.25, 0.3) is 0 Å². The number of rotatable bonds is 1. The standard InChI is InChI=1S/C8H5F3N2O2/c9-4-1-3(2-5(10)6(4)11)7(14)13-8(12)15/h1-2H,(H3,12,13,14,15). The molecule has 4 nitrogen and oxygen atoms in total. The molecular weight excluding hydrogens is 213 g/mol. The van der Waals surface area contributed by atoms with Crippen LogP contribution in [-0.2, 0) is 0 Å². The van der Waals surface area contributed by atoms with E-state index in [9.17, 15) is 22.8 Å². The van der Waals surface area contributed by atoms with E-state index in [1.165, 1.54) is 0 Å². The van der Waals surface area contributed by atoms with Gasteiger partial charge in [0.05, 0.1) is 0 Å². The van der Waals surface area contributed by atoms with Crippen molar-refractivity contribution in [3.63, 3.8) is 0 Å². The fourth-order valence-corrected chi connectivity index (χ4v) is 0.871. The minimum atomic E-state index is -1.69. The van der Waals surface area contributed by atoms with Gasteiger partial charge in [-0.15, -0.1) is 0 Å². The van der Waals surface area contributed by atoms with E-state index < -0.39 is 35.0 Å². The van der Waals surface area contributed by atoms with E-state index >= 15 is 0 Å². The predicted octanol–water partition coefficient (Wildman–Crippen LogP) is 0.912. The van der Waals surface area contributed by atoms with Crippen LogP contribution in [0, 0.1) is 17.5 Å². The maximum Gasteiger partial charge on any atom is 0.319 e. The van der Waals surface area contributed by atoms with Crippen LogP contribution < -0.4 is 11.1 Å². The van der Waals surface area contributed by atoms with E-state index in [1.54, 1.807) is 5.32 Å². The molecule has 0 spiro atoms. The number of hydrogen-bond acceptors (Lipinski definition) is 2. The van der Waals surface area contributed by atoms with Gasteiger partial charge in [-0.25, -0.2) is 18.0 Å². The first-order valence-electron chi connectivity index (χ1n) is 3.67. The highest BCUT2D eigenvalue weighted by Crippen LogP contribution is 2.13. The summed E-state index contributed by atoms with van der Waals surface area (Å²) in [7, 11) is 0. The molecule has 1 aromatic rings. The van der Waals surface area contributed by atoms with Gasteiger partial charge in [0, 0.05) is 5.56 Å². The number of nitrogens with two attached hydrogens (primary N) is 1. The molecule has 0 radical (unpaired) electrons. The Labute approximate surface area is 81.9 Å². The lowest BCUT2D eigenvalue weighted by Gasteiger charge is -2.02. The number of halogens is 3. The van der Waals surface area contributed by atoms with Crippen molar-refractivity contribution in [2.24, 2.45) is 5.73 Å². The van der Waals surface area contributed by atoms with Crippen LogP contribution in [0.3, 0.4) is 0 Å². The number of nitrogens with one attached hydrogen (secondary N) is 1. The second-order valence-electron chi connectivity index (χ2n) is 2.57. The molecule has 0 atom stereocenters. The van der Waals surface area contributed by atoms with Crippen molar-refractivity contribution in [1.29, 1.82) is 0 Å². The van der Waals surface area contributed by atoms with Crippen LogP contribution in [0.1, 0.15) is 10.4 Å². The average molecular weight is 218 g/mol. The molecule has 0 aromatic heterocycles. The highest BCUT2D eigenvalue weighted by Gasteiger charge is 2.15. The largest absolute Gasteiger partial charge is 0.351 e. The first kappa shape index (κ1) is 11.0. The van der Waals surface area contributed by atoms with Gasteiger partial charge in [0.25, 0.3) is 5.91 Å². The van der Waals surface area contributed by atoms with Crippen molar-refractivity contribution >= 4 is 11.9 Å². The van der Waals surface area contributed by atoms with Gasteiger partial charge < -0.3 is 5.73 Å². The molecule has 1 rings (SSSR count). The van der Waals surface area contributed by atoms with Crippen molar-refractivity contribution < 1.29 is 22.8 Å². The van der Waals surface area contributed by atoms with Gasteiger partial charge in [0.15, 0.2) is 17.5 Å². The van der Waals surface area contributed by atoms with E-state index in [-0.39, 0.29) is 0 Å². The zero-order valence-corrected chi connectivity index (χ0v) is 7.18. The number of amides is 3. The first-order chi connectivity index (χ1) is 6.91. The number of primary amides is 1. The lowest BCUT2D eigenvalue weighted by Crippen LogP contribution is -2.35. The normalized spacial score (nSPS) is 9.80. The fraction of sp³-hybridized carbons (Fsp3) is 0. The van der Waals surface area contributed by atoms with Crippen LogP contribution in [0.4, 0.5) is 18.0 Å². The van der Waals surface area contributed by atoms with Gasteiger partial charge in [-0.2, -0.15) is 0 Å². The number of benzene rings is 1. The monoisotopic (exact) mass is 218 g/mol. The van der Waals surface area contributed by atoms with E-state index in [4.69, 9.17) is 0 Å². The van der Waals surface area contributed by atoms with Crippen LogP contribution in [0.15, 0.2) is 12.1 Å². The number of urea groups is 1. The molecule has 0 aliphatic rings. The van der Waals surface area contributed by atoms with Crippen molar-refractivity contribution in [2.75, 3.05) is 0 Å².